The summed E-state index contributed by atoms with van der Waals surface area (Å²) in [5.74, 6) is 1.19. The van der Waals surface area contributed by atoms with Gasteiger partial charge in [-0.15, -0.1) is 0 Å². The van der Waals surface area contributed by atoms with Crippen LogP contribution in [0.3, 0.4) is 0 Å². The molecule has 9 heteroatoms. The number of hydrogen-bond acceptors (Lipinski definition) is 7. The average Bonchev–Trinajstić information content (AvgIpc) is 3.25. The Morgan fingerprint density at radius 1 is 0.935 bits per heavy atom. The van der Waals surface area contributed by atoms with E-state index < -0.39 is 0 Å². The molecule has 0 saturated carbocycles. The first-order valence-corrected chi connectivity index (χ1v) is 9.71. The van der Waals surface area contributed by atoms with Crippen molar-refractivity contribution in [1.82, 2.24) is 30.5 Å². The van der Waals surface area contributed by atoms with Gasteiger partial charge in [-0.25, -0.2) is 0 Å². The van der Waals surface area contributed by atoms with Crippen molar-refractivity contribution in [3.05, 3.63) is 84.2 Å². The molecule has 0 saturated heterocycles. The largest absolute Gasteiger partial charge is 1.00 e. The molecule has 8 nitrogen and oxygen atoms in total. The lowest BCUT2D eigenvalue weighted by atomic mass is 10.2. The van der Waals surface area contributed by atoms with Gasteiger partial charge in [0.15, 0.2) is 11.5 Å². The maximum Gasteiger partial charge on any atom is 0.346 e. The summed E-state index contributed by atoms with van der Waals surface area (Å²) in [4.78, 5) is 4.32. The van der Waals surface area contributed by atoms with E-state index >= 15 is 0 Å². The Morgan fingerprint density at radius 3 is 2.55 bits per heavy atom. The third-order valence-electron chi connectivity index (χ3n) is 4.31. The van der Waals surface area contributed by atoms with Crippen LogP contribution >= 0.6 is 0 Å². The topological polar surface area (TPSA) is 87.0 Å². The zero-order chi connectivity index (χ0) is 20.6. The van der Waals surface area contributed by atoms with E-state index in [0.717, 1.165) is 16.9 Å². The van der Waals surface area contributed by atoms with Crippen molar-refractivity contribution in [3.63, 3.8) is 0 Å². The van der Waals surface area contributed by atoms with Crippen LogP contribution < -0.4 is 27.2 Å². The molecule has 160 valence electrons. The van der Waals surface area contributed by atoms with Gasteiger partial charge in [0.25, 0.3) is 0 Å². The van der Waals surface area contributed by atoms with Crippen molar-refractivity contribution in [1.29, 1.82) is 0 Å². The van der Waals surface area contributed by atoms with Crippen LogP contribution in [0, 0.1) is 0 Å². The number of hydrogen-bond donors (Lipinski definition) is 1. The van der Waals surface area contributed by atoms with Gasteiger partial charge in [0.1, 0.15) is 0 Å². The lowest BCUT2D eigenvalue weighted by Gasteiger charge is -2.13. The fraction of sp³-hybridized carbons (Fsp3) is 0.182. The first kappa shape index (κ1) is 22.2. The van der Waals surface area contributed by atoms with E-state index in [1.165, 1.54) is 4.68 Å². The highest BCUT2D eigenvalue weighted by atomic mass is 35.5. The molecule has 0 bridgehead atoms. The lowest BCUT2D eigenvalue weighted by Crippen LogP contribution is -3.00. The van der Waals surface area contributed by atoms with E-state index in [9.17, 15) is 0 Å². The summed E-state index contributed by atoms with van der Waals surface area (Å²) in [6, 6.07) is 21.5. The third kappa shape index (κ3) is 5.78. The minimum atomic E-state index is 0. The molecule has 0 unspecified atom stereocenters. The average molecular weight is 438 g/mol. The number of rotatable bonds is 9. The molecule has 0 radical (unpaired) electrons. The summed E-state index contributed by atoms with van der Waals surface area (Å²) in [5, 5.41) is 15.1. The van der Waals surface area contributed by atoms with Gasteiger partial charge >= 0.3 is 6.01 Å². The van der Waals surface area contributed by atoms with Crippen LogP contribution in [0.1, 0.15) is 18.2 Å². The number of nitrogens with zero attached hydrogens (tertiary/aromatic N) is 5. The van der Waals surface area contributed by atoms with E-state index in [1.807, 2.05) is 73.7 Å². The second kappa shape index (κ2) is 11.1. The fourth-order valence-electron chi connectivity index (χ4n) is 2.92. The molecule has 0 fully saturated rings. The quantitative estimate of drug-likeness (QED) is 0.409. The Morgan fingerprint density at radius 2 is 1.77 bits per heavy atom. The van der Waals surface area contributed by atoms with Gasteiger partial charge in [-0.05, 0) is 59.3 Å². The van der Waals surface area contributed by atoms with Gasteiger partial charge < -0.3 is 27.2 Å². The van der Waals surface area contributed by atoms with Crippen LogP contribution in [0.4, 0.5) is 0 Å². The minimum absolute atomic E-state index is 0. The molecule has 4 aromatic rings. The molecule has 0 aliphatic rings. The molecule has 0 atom stereocenters. The molecule has 0 spiro atoms. The van der Waals surface area contributed by atoms with Gasteiger partial charge in [0, 0.05) is 19.3 Å². The standard InChI is InChI=1S/C22H22N6O2.ClH/c1-2-29-21-14-17(15-23-16-18-8-6-7-13-24-18)11-12-20(21)30-22-25-26-27-28(22)19-9-4-3-5-10-19;/h3-14,23H,2,15-16H2,1H3;1H/p-1. The second-order valence-electron chi connectivity index (χ2n) is 6.45. The molecule has 0 aliphatic carbocycles. The normalized spacial score (nSPS) is 10.4. The molecule has 2 aromatic carbocycles. The summed E-state index contributed by atoms with van der Waals surface area (Å²) in [7, 11) is 0. The van der Waals surface area contributed by atoms with Crippen molar-refractivity contribution in [2.45, 2.75) is 20.0 Å². The van der Waals surface area contributed by atoms with Crippen molar-refractivity contribution in [3.8, 4) is 23.2 Å². The number of benzene rings is 2. The number of ether oxygens (including phenoxy) is 2. The Balaban J connectivity index is 0.00000272. The van der Waals surface area contributed by atoms with Crippen LogP contribution in [-0.4, -0.2) is 31.8 Å². The smallest absolute Gasteiger partial charge is 0.346 e. The van der Waals surface area contributed by atoms with Crippen LogP contribution in [0.25, 0.3) is 5.69 Å². The van der Waals surface area contributed by atoms with E-state index in [1.54, 1.807) is 6.20 Å². The summed E-state index contributed by atoms with van der Waals surface area (Å²) in [5.41, 5.74) is 2.88. The SMILES string of the molecule is CCOc1cc(CNCc2ccccn2)ccc1Oc1nnnn1-c1ccccc1.[Cl-]. The van der Waals surface area contributed by atoms with Gasteiger partial charge in [-0.1, -0.05) is 35.4 Å². The fourth-order valence-corrected chi connectivity index (χ4v) is 2.92. The predicted octanol–water partition coefficient (Wildman–Crippen LogP) is 0.542. The molecule has 1 N–H and O–H groups in total. The van der Waals surface area contributed by atoms with Gasteiger partial charge in [-0.3, -0.25) is 4.98 Å². The molecule has 0 aliphatic heterocycles. The van der Waals surface area contributed by atoms with Crippen molar-refractivity contribution < 1.29 is 21.9 Å². The number of halogens is 1. The molecule has 31 heavy (non-hydrogen) atoms. The monoisotopic (exact) mass is 437 g/mol. The Labute approximate surface area is 186 Å². The number of nitrogens with one attached hydrogen (secondary N) is 1. The number of pyridine rings is 1. The van der Waals surface area contributed by atoms with Crippen LogP contribution in [0.5, 0.6) is 17.5 Å². The van der Waals surface area contributed by atoms with Crippen molar-refractivity contribution in [2.24, 2.45) is 0 Å². The Hall–Kier alpha value is -3.49. The Kier molecular flexibility index (Phi) is 7.91. The zero-order valence-corrected chi connectivity index (χ0v) is 17.7. The van der Waals surface area contributed by atoms with Crippen LogP contribution in [-0.2, 0) is 13.1 Å². The first-order valence-electron chi connectivity index (χ1n) is 9.71. The van der Waals surface area contributed by atoms with E-state index in [4.69, 9.17) is 9.47 Å². The summed E-state index contributed by atoms with van der Waals surface area (Å²) in [6.07, 6.45) is 1.79. The number of para-hydroxylation sites is 1. The van der Waals surface area contributed by atoms with Gasteiger partial charge in [-0.2, -0.15) is 4.68 Å². The summed E-state index contributed by atoms with van der Waals surface area (Å²) < 4.78 is 13.3. The van der Waals surface area contributed by atoms with Crippen molar-refractivity contribution >= 4 is 0 Å². The molecule has 0 amide bonds. The lowest BCUT2D eigenvalue weighted by molar-refractivity contribution is -0.00000732. The molecular weight excluding hydrogens is 416 g/mol. The summed E-state index contributed by atoms with van der Waals surface area (Å²) in [6.45, 7) is 3.82. The van der Waals surface area contributed by atoms with Crippen molar-refractivity contribution in [2.75, 3.05) is 6.61 Å². The maximum absolute atomic E-state index is 5.99. The van der Waals surface area contributed by atoms with Crippen LogP contribution in [0.2, 0.25) is 0 Å². The minimum Gasteiger partial charge on any atom is -1.00 e. The first-order chi connectivity index (χ1) is 14.8. The predicted molar refractivity (Wildman–Crippen MR) is 112 cm³/mol. The molecular formula is C22H22ClN6O2-. The third-order valence-corrected chi connectivity index (χ3v) is 4.31. The second-order valence-corrected chi connectivity index (χ2v) is 6.45. The zero-order valence-electron chi connectivity index (χ0n) is 17.0. The highest BCUT2D eigenvalue weighted by Crippen LogP contribution is 2.32. The maximum atomic E-state index is 5.99. The summed E-state index contributed by atoms with van der Waals surface area (Å²) >= 11 is 0. The molecule has 4 rings (SSSR count). The van der Waals surface area contributed by atoms with E-state index in [0.29, 0.717) is 31.2 Å². The molecule has 2 aromatic heterocycles. The highest BCUT2D eigenvalue weighted by Gasteiger charge is 2.14. The van der Waals surface area contributed by atoms with E-state index in [2.05, 4.69) is 25.8 Å². The highest BCUT2D eigenvalue weighted by molar-refractivity contribution is 5.45. The van der Waals surface area contributed by atoms with Gasteiger partial charge in [0.05, 0.1) is 18.0 Å². The Bertz CT molecular complexity index is 1080. The van der Waals surface area contributed by atoms with Crippen LogP contribution in [0.15, 0.2) is 72.9 Å². The van der Waals surface area contributed by atoms with Gasteiger partial charge in [0.2, 0.25) is 0 Å². The number of aromatic nitrogens is 5. The van der Waals surface area contributed by atoms with E-state index in [-0.39, 0.29) is 18.4 Å². The number of tetrazole rings is 1. The molecule has 2 heterocycles.